The minimum absolute atomic E-state index is 0.528. The van der Waals surface area contributed by atoms with E-state index in [1.54, 1.807) is 0 Å². The summed E-state index contributed by atoms with van der Waals surface area (Å²) in [6.45, 7) is 0. The van der Waals surface area contributed by atoms with Gasteiger partial charge in [0.05, 0.1) is 11.1 Å². The molecule has 0 unspecified atom stereocenters. The van der Waals surface area contributed by atoms with Crippen LogP contribution in [0.5, 0.6) is 11.5 Å². The van der Waals surface area contributed by atoms with Crippen molar-refractivity contribution in [2.45, 2.75) is 5.41 Å². The van der Waals surface area contributed by atoms with Crippen molar-refractivity contribution in [2.24, 2.45) is 0 Å². The van der Waals surface area contributed by atoms with Crippen molar-refractivity contribution in [1.82, 2.24) is 0 Å². The van der Waals surface area contributed by atoms with Crippen LogP contribution in [0.1, 0.15) is 22.3 Å². The molecule has 1 aliphatic carbocycles. The largest absolute Gasteiger partial charge is 0.456 e. The van der Waals surface area contributed by atoms with Crippen LogP contribution in [0.3, 0.4) is 0 Å². The zero-order valence-corrected chi connectivity index (χ0v) is 33.4. The number of anilines is 3. The molecule has 10 aromatic rings. The van der Waals surface area contributed by atoms with Crippen LogP contribution in [-0.2, 0) is 5.41 Å². The molecule has 0 aromatic heterocycles. The van der Waals surface area contributed by atoms with Crippen LogP contribution in [0.25, 0.3) is 55.3 Å². The first-order chi connectivity index (χ1) is 30.3. The molecular weight excluding hydrogens is 739 g/mol. The van der Waals surface area contributed by atoms with Gasteiger partial charge in [-0.25, -0.2) is 0 Å². The van der Waals surface area contributed by atoms with E-state index in [2.05, 4.69) is 235 Å². The summed E-state index contributed by atoms with van der Waals surface area (Å²) in [4.78, 5) is 2.45. The molecule has 0 amide bonds. The van der Waals surface area contributed by atoms with Crippen molar-refractivity contribution in [2.75, 3.05) is 4.90 Å². The van der Waals surface area contributed by atoms with Crippen LogP contribution in [0.2, 0.25) is 0 Å². The Kier molecular flexibility index (Phi) is 8.11. The molecule has 0 bridgehead atoms. The molecule has 0 radical (unpaired) electrons. The van der Waals surface area contributed by atoms with Crippen molar-refractivity contribution in [3.63, 3.8) is 0 Å². The maximum atomic E-state index is 6.56. The number of hydrogen-bond acceptors (Lipinski definition) is 2. The van der Waals surface area contributed by atoms with E-state index in [4.69, 9.17) is 4.74 Å². The van der Waals surface area contributed by atoms with Gasteiger partial charge in [0, 0.05) is 27.9 Å². The molecule has 0 saturated carbocycles. The van der Waals surface area contributed by atoms with Crippen LogP contribution in [0.4, 0.5) is 17.1 Å². The van der Waals surface area contributed by atoms with Gasteiger partial charge < -0.3 is 9.64 Å². The molecule has 61 heavy (non-hydrogen) atoms. The van der Waals surface area contributed by atoms with Gasteiger partial charge in [0.2, 0.25) is 0 Å². The van der Waals surface area contributed by atoms with Gasteiger partial charge in [0.1, 0.15) is 11.5 Å². The molecule has 10 aromatic carbocycles. The Morgan fingerprint density at radius 3 is 1.64 bits per heavy atom. The second kappa shape index (κ2) is 14.1. The summed E-state index contributed by atoms with van der Waals surface area (Å²) in [6.07, 6.45) is 0. The van der Waals surface area contributed by atoms with Crippen molar-refractivity contribution >= 4 is 27.8 Å². The van der Waals surface area contributed by atoms with E-state index in [-0.39, 0.29) is 0 Å². The highest BCUT2D eigenvalue weighted by Gasteiger charge is 2.46. The molecule has 1 heterocycles. The summed E-state index contributed by atoms with van der Waals surface area (Å²) in [6, 6.07) is 86.1. The minimum atomic E-state index is -0.528. The summed E-state index contributed by atoms with van der Waals surface area (Å²) >= 11 is 0. The van der Waals surface area contributed by atoms with E-state index in [0.717, 1.165) is 56.0 Å². The van der Waals surface area contributed by atoms with Crippen LogP contribution in [0, 0.1) is 0 Å². The van der Waals surface area contributed by atoms with E-state index in [9.17, 15) is 0 Å². The first-order valence-electron chi connectivity index (χ1n) is 21.0. The van der Waals surface area contributed by atoms with E-state index in [1.807, 2.05) is 6.07 Å². The molecule has 0 saturated heterocycles. The average molecular weight is 778 g/mol. The van der Waals surface area contributed by atoms with Crippen LogP contribution < -0.4 is 9.64 Å². The van der Waals surface area contributed by atoms with Gasteiger partial charge in [-0.3, -0.25) is 0 Å². The smallest absolute Gasteiger partial charge is 0.135 e. The lowest BCUT2D eigenvalue weighted by Crippen LogP contribution is -2.28. The summed E-state index contributed by atoms with van der Waals surface area (Å²) in [7, 11) is 0. The SMILES string of the molecule is c1ccc(-c2ccc(N(c3ccc4c(c3)C(c3ccccc3)(c3ccccc3)c3ccccc3-4)c3ccccc3-c3ccc4c5c(cccc35)-c3ccccc3O4)cc2)cc1. The van der Waals surface area contributed by atoms with E-state index in [1.165, 1.54) is 50.1 Å². The maximum Gasteiger partial charge on any atom is 0.135 e. The van der Waals surface area contributed by atoms with Crippen LogP contribution in [0.15, 0.2) is 237 Å². The summed E-state index contributed by atoms with van der Waals surface area (Å²) in [5.74, 6) is 1.77. The normalized spacial score (nSPS) is 12.9. The van der Waals surface area contributed by atoms with Gasteiger partial charge >= 0.3 is 0 Å². The first kappa shape index (κ1) is 35.0. The molecule has 2 heteroatoms. The Morgan fingerprint density at radius 2 is 0.885 bits per heavy atom. The van der Waals surface area contributed by atoms with Gasteiger partial charge in [-0.15, -0.1) is 0 Å². The van der Waals surface area contributed by atoms with Gasteiger partial charge in [0.25, 0.3) is 0 Å². The highest BCUT2D eigenvalue weighted by Crippen LogP contribution is 2.58. The molecule has 286 valence electrons. The summed E-state index contributed by atoms with van der Waals surface area (Å²) < 4.78 is 6.56. The summed E-state index contributed by atoms with van der Waals surface area (Å²) in [5, 5.41) is 2.30. The molecule has 0 atom stereocenters. The standard InChI is InChI=1S/C59H39NO/c1-4-17-40(18-5-1)41-31-33-44(34-32-41)60(55-29-14-11-24-49(55)46-37-38-57-58-51(46)26-16-27-52(58)50-25-12-15-30-56(50)61-57)45-35-36-48-47-23-10-13-28-53(47)59(54(48)39-45,42-19-6-2-7-20-42)43-21-8-3-9-22-43/h1-39H. The Balaban J connectivity index is 1.11. The third-order valence-corrected chi connectivity index (χ3v) is 12.8. The number of hydrogen-bond donors (Lipinski definition) is 0. The average Bonchev–Trinajstić information content (AvgIpc) is 3.63. The quantitative estimate of drug-likeness (QED) is 0.160. The molecule has 0 spiro atoms. The number of ether oxygens (including phenoxy) is 1. The molecule has 2 aliphatic rings. The predicted molar refractivity (Wildman–Crippen MR) is 252 cm³/mol. The number of benzene rings is 10. The molecular formula is C59H39NO. The zero-order chi connectivity index (χ0) is 40.3. The highest BCUT2D eigenvalue weighted by molar-refractivity contribution is 6.11. The Bertz CT molecular complexity index is 3220. The second-order valence-corrected chi connectivity index (χ2v) is 16.0. The fourth-order valence-corrected chi connectivity index (χ4v) is 10.1. The third kappa shape index (κ3) is 5.43. The predicted octanol–water partition coefficient (Wildman–Crippen LogP) is 15.8. The second-order valence-electron chi connectivity index (χ2n) is 16.0. The fourth-order valence-electron chi connectivity index (χ4n) is 10.1. The van der Waals surface area contributed by atoms with Crippen LogP contribution >= 0.6 is 0 Å². The number of fused-ring (bicyclic) bond motifs is 5. The minimum Gasteiger partial charge on any atom is -0.456 e. The van der Waals surface area contributed by atoms with Gasteiger partial charge in [-0.2, -0.15) is 0 Å². The lowest BCUT2D eigenvalue weighted by atomic mass is 9.67. The Morgan fingerprint density at radius 1 is 0.328 bits per heavy atom. The van der Waals surface area contributed by atoms with Crippen molar-refractivity contribution in [1.29, 1.82) is 0 Å². The molecule has 1 aliphatic heterocycles. The third-order valence-electron chi connectivity index (χ3n) is 12.8. The molecule has 0 N–H and O–H groups in total. The lowest BCUT2D eigenvalue weighted by molar-refractivity contribution is 0.487. The maximum absolute atomic E-state index is 6.56. The number of rotatable bonds is 7. The van der Waals surface area contributed by atoms with E-state index >= 15 is 0 Å². The topological polar surface area (TPSA) is 12.5 Å². The fraction of sp³-hybridized carbons (Fsp3) is 0.0169. The van der Waals surface area contributed by atoms with Crippen molar-refractivity contribution in [3.8, 4) is 56.0 Å². The number of para-hydroxylation sites is 2. The number of nitrogens with zero attached hydrogens (tertiary/aromatic N) is 1. The van der Waals surface area contributed by atoms with Gasteiger partial charge in [0.15, 0.2) is 0 Å². The summed E-state index contributed by atoms with van der Waals surface area (Å²) in [5.41, 5.74) is 17.3. The van der Waals surface area contributed by atoms with Crippen molar-refractivity contribution < 1.29 is 4.74 Å². The zero-order valence-electron chi connectivity index (χ0n) is 33.4. The highest BCUT2D eigenvalue weighted by atomic mass is 16.5. The van der Waals surface area contributed by atoms with Crippen molar-refractivity contribution in [3.05, 3.63) is 259 Å². The molecule has 2 nitrogen and oxygen atoms in total. The van der Waals surface area contributed by atoms with E-state index < -0.39 is 5.41 Å². The Hall–Kier alpha value is -7.94. The first-order valence-corrected chi connectivity index (χ1v) is 21.0. The van der Waals surface area contributed by atoms with Gasteiger partial charge in [-0.1, -0.05) is 188 Å². The van der Waals surface area contributed by atoms with Gasteiger partial charge in [-0.05, 0) is 110 Å². The molecule has 12 rings (SSSR count). The van der Waals surface area contributed by atoms with Crippen LogP contribution in [-0.4, -0.2) is 0 Å². The van der Waals surface area contributed by atoms with E-state index in [0.29, 0.717) is 0 Å². The Labute approximate surface area is 356 Å². The lowest BCUT2D eigenvalue weighted by Gasteiger charge is -2.35. The molecule has 0 fully saturated rings. The monoisotopic (exact) mass is 777 g/mol.